The van der Waals surface area contributed by atoms with Gasteiger partial charge in [-0.25, -0.2) is 8.78 Å². The molecule has 3 aromatic rings. The van der Waals surface area contributed by atoms with Crippen LogP contribution in [0.5, 0.6) is 5.75 Å². The Kier molecular flexibility index (Phi) is 4.57. The molecule has 0 radical (unpaired) electrons. The molecule has 2 aromatic carbocycles. The fourth-order valence-electron chi connectivity index (χ4n) is 2.50. The summed E-state index contributed by atoms with van der Waals surface area (Å²) in [5.74, 6) is 0.405. The molecule has 0 aliphatic heterocycles. The first-order valence-electron chi connectivity index (χ1n) is 7.37. The summed E-state index contributed by atoms with van der Waals surface area (Å²) in [5.41, 5.74) is 1.21. The zero-order valence-corrected chi connectivity index (χ0v) is 12.7. The Morgan fingerprint density at radius 2 is 2.00 bits per heavy atom. The van der Waals surface area contributed by atoms with Gasteiger partial charge in [0.15, 0.2) is 11.3 Å². The lowest BCUT2D eigenvalue weighted by Crippen LogP contribution is -2.16. The second-order valence-corrected chi connectivity index (χ2v) is 5.25. The molecule has 0 fully saturated rings. The molecule has 0 unspecified atom stereocenters. The monoisotopic (exact) mass is 317 g/mol. The van der Waals surface area contributed by atoms with Gasteiger partial charge in [0.25, 0.3) is 0 Å². The van der Waals surface area contributed by atoms with E-state index in [1.807, 2.05) is 24.3 Å². The first kappa shape index (κ1) is 15.5. The second kappa shape index (κ2) is 6.79. The topological polar surface area (TPSA) is 34.4 Å². The zero-order valence-electron chi connectivity index (χ0n) is 12.7. The first-order valence-corrected chi connectivity index (χ1v) is 7.37. The molecule has 1 aromatic heterocycles. The first-order chi connectivity index (χ1) is 11.2. The van der Waals surface area contributed by atoms with Crippen LogP contribution in [0.3, 0.4) is 0 Å². The standard InChI is InChI=1S/C18H17F2NO2/c1-22-17-4-2-3-13-9-15(23-18(13)17)11-21-8-7-12-5-6-14(19)10-16(12)20/h2-6,9-10,21H,7-8,11H2,1H3. The van der Waals surface area contributed by atoms with E-state index in [0.717, 1.165) is 22.8 Å². The predicted molar refractivity (Wildman–Crippen MR) is 84.5 cm³/mol. The van der Waals surface area contributed by atoms with Gasteiger partial charge in [-0.2, -0.15) is 0 Å². The fourth-order valence-corrected chi connectivity index (χ4v) is 2.50. The Hall–Kier alpha value is -2.40. The third kappa shape index (κ3) is 3.51. The van der Waals surface area contributed by atoms with Crippen molar-refractivity contribution < 1.29 is 17.9 Å². The van der Waals surface area contributed by atoms with E-state index in [1.165, 1.54) is 12.1 Å². The highest BCUT2D eigenvalue weighted by Gasteiger charge is 2.08. The molecule has 0 aliphatic carbocycles. The van der Waals surface area contributed by atoms with E-state index in [0.29, 0.717) is 30.8 Å². The molecule has 120 valence electrons. The normalized spacial score (nSPS) is 11.1. The van der Waals surface area contributed by atoms with Gasteiger partial charge in [-0.3, -0.25) is 0 Å². The molecule has 0 aliphatic rings. The number of nitrogens with one attached hydrogen (secondary N) is 1. The van der Waals surface area contributed by atoms with Crippen molar-refractivity contribution in [2.45, 2.75) is 13.0 Å². The van der Waals surface area contributed by atoms with Crippen LogP contribution in [0.2, 0.25) is 0 Å². The van der Waals surface area contributed by atoms with E-state index in [1.54, 1.807) is 7.11 Å². The Labute approximate surface area is 132 Å². The van der Waals surface area contributed by atoms with Gasteiger partial charge in [0.1, 0.15) is 17.4 Å². The average Bonchev–Trinajstić information content (AvgIpc) is 2.96. The lowest BCUT2D eigenvalue weighted by atomic mass is 10.1. The number of benzene rings is 2. The van der Waals surface area contributed by atoms with Crippen LogP contribution in [-0.4, -0.2) is 13.7 Å². The van der Waals surface area contributed by atoms with Crippen LogP contribution in [0.4, 0.5) is 8.78 Å². The summed E-state index contributed by atoms with van der Waals surface area (Å²) in [4.78, 5) is 0. The average molecular weight is 317 g/mol. The van der Waals surface area contributed by atoms with Crippen molar-refractivity contribution in [3.63, 3.8) is 0 Å². The highest BCUT2D eigenvalue weighted by molar-refractivity contribution is 5.83. The molecule has 5 heteroatoms. The minimum Gasteiger partial charge on any atom is -0.493 e. The number of rotatable bonds is 6. The molecule has 0 saturated carbocycles. The number of hydrogen-bond donors (Lipinski definition) is 1. The number of furan rings is 1. The van der Waals surface area contributed by atoms with Crippen molar-refractivity contribution >= 4 is 11.0 Å². The fraction of sp³-hybridized carbons (Fsp3) is 0.222. The lowest BCUT2D eigenvalue weighted by molar-refractivity contribution is 0.406. The van der Waals surface area contributed by atoms with E-state index in [2.05, 4.69) is 5.32 Å². The van der Waals surface area contributed by atoms with Crippen LogP contribution in [0.15, 0.2) is 46.9 Å². The number of hydrogen-bond acceptors (Lipinski definition) is 3. The van der Waals surface area contributed by atoms with E-state index >= 15 is 0 Å². The number of fused-ring (bicyclic) bond motifs is 1. The van der Waals surface area contributed by atoms with Crippen LogP contribution < -0.4 is 10.1 Å². The van der Waals surface area contributed by atoms with Gasteiger partial charge in [0, 0.05) is 11.5 Å². The quantitative estimate of drug-likeness (QED) is 0.697. The van der Waals surface area contributed by atoms with Gasteiger partial charge in [-0.1, -0.05) is 18.2 Å². The number of halogens is 2. The van der Waals surface area contributed by atoms with E-state index < -0.39 is 11.6 Å². The summed E-state index contributed by atoms with van der Waals surface area (Å²) in [6.45, 7) is 1.09. The van der Waals surface area contributed by atoms with Crippen molar-refractivity contribution in [3.8, 4) is 5.75 Å². The van der Waals surface area contributed by atoms with Crippen molar-refractivity contribution in [1.82, 2.24) is 5.32 Å². The van der Waals surface area contributed by atoms with Crippen LogP contribution in [-0.2, 0) is 13.0 Å². The number of ether oxygens (including phenoxy) is 1. The summed E-state index contributed by atoms with van der Waals surface area (Å²) in [5, 5.41) is 4.17. The minimum absolute atomic E-state index is 0.482. The molecular formula is C18H17F2NO2. The number of para-hydroxylation sites is 1. The highest BCUT2D eigenvalue weighted by atomic mass is 19.1. The van der Waals surface area contributed by atoms with Crippen LogP contribution in [0, 0.1) is 11.6 Å². The summed E-state index contributed by atoms with van der Waals surface area (Å²) >= 11 is 0. The third-order valence-electron chi connectivity index (χ3n) is 3.66. The van der Waals surface area contributed by atoms with Gasteiger partial charge in [-0.15, -0.1) is 0 Å². The maximum Gasteiger partial charge on any atom is 0.176 e. The van der Waals surface area contributed by atoms with Crippen molar-refractivity contribution in [1.29, 1.82) is 0 Å². The Balaban J connectivity index is 1.58. The molecule has 0 saturated heterocycles. The summed E-state index contributed by atoms with van der Waals surface area (Å²) in [7, 11) is 1.60. The van der Waals surface area contributed by atoms with E-state index in [4.69, 9.17) is 9.15 Å². The maximum absolute atomic E-state index is 13.5. The molecule has 0 spiro atoms. The van der Waals surface area contributed by atoms with Crippen molar-refractivity contribution in [2.75, 3.05) is 13.7 Å². The molecule has 0 amide bonds. The van der Waals surface area contributed by atoms with Gasteiger partial charge in [0.05, 0.1) is 13.7 Å². The predicted octanol–water partition coefficient (Wildman–Crippen LogP) is 4.05. The van der Waals surface area contributed by atoms with Gasteiger partial charge < -0.3 is 14.5 Å². The maximum atomic E-state index is 13.5. The summed E-state index contributed by atoms with van der Waals surface area (Å²) in [6, 6.07) is 11.3. The molecule has 0 atom stereocenters. The van der Waals surface area contributed by atoms with Crippen LogP contribution >= 0.6 is 0 Å². The SMILES string of the molecule is COc1cccc2cc(CNCCc3ccc(F)cc3F)oc12. The van der Waals surface area contributed by atoms with Gasteiger partial charge >= 0.3 is 0 Å². The summed E-state index contributed by atoms with van der Waals surface area (Å²) < 4.78 is 37.4. The van der Waals surface area contributed by atoms with Crippen LogP contribution in [0.25, 0.3) is 11.0 Å². The van der Waals surface area contributed by atoms with Gasteiger partial charge in [-0.05, 0) is 36.7 Å². The molecule has 1 N–H and O–H groups in total. The largest absolute Gasteiger partial charge is 0.493 e. The minimum atomic E-state index is -0.560. The molecule has 1 heterocycles. The number of methoxy groups -OCH3 is 1. The van der Waals surface area contributed by atoms with Crippen molar-refractivity contribution in [2.24, 2.45) is 0 Å². The molecular weight excluding hydrogens is 300 g/mol. The molecule has 3 nitrogen and oxygen atoms in total. The Morgan fingerprint density at radius 3 is 2.78 bits per heavy atom. The van der Waals surface area contributed by atoms with E-state index in [-0.39, 0.29) is 0 Å². The molecule has 23 heavy (non-hydrogen) atoms. The van der Waals surface area contributed by atoms with Crippen molar-refractivity contribution in [3.05, 3.63) is 65.4 Å². The zero-order chi connectivity index (χ0) is 16.2. The molecule has 0 bridgehead atoms. The summed E-state index contributed by atoms with van der Waals surface area (Å²) in [6.07, 6.45) is 0.482. The van der Waals surface area contributed by atoms with Gasteiger partial charge in [0.2, 0.25) is 0 Å². The Bertz CT molecular complexity index is 814. The second-order valence-electron chi connectivity index (χ2n) is 5.25. The smallest absolute Gasteiger partial charge is 0.176 e. The van der Waals surface area contributed by atoms with E-state index in [9.17, 15) is 8.78 Å². The lowest BCUT2D eigenvalue weighted by Gasteiger charge is -2.04. The van der Waals surface area contributed by atoms with Crippen LogP contribution in [0.1, 0.15) is 11.3 Å². The Morgan fingerprint density at radius 1 is 1.13 bits per heavy atom. The molecule has 3 rings (SSSR count). The highest BCUT2D eigenvalue weighted by Crippen LogP contribution is 2.28. The third-order valence-corrected chi connectivity index (χ3v) is 3.66.